The molecular formula is C17H13F4N3O. The molecule has 3 rings (SSSR count). The molecule has 0 fully saturated rings. The van der Waals surface area contributed by atoms with Crippen molar-refractivity contribution in [2.24, 2.45) is 0 Å². The van der Waals surface area contributed by atoms with E-state index in [2.05, 4.69) is 15.3 Å². The molecule has 8 heteroatoms. The lowest BCUT2D eigenvalue weighted by molar-refractivity contribution is 0.386. The maximum absolute atomic E-state index is 14.0. The lowest BCUT2D eigenvalue weighted by atomic mass is 10.1. The van der Waals surface area contributed by atoms with E-state index in [1.54, 1.807) is 6.07 Å². The van der Waals surface area contributed by atoms with Gasteiger partial charge in [-0.25, -0.2) is 27.5 Å². The normalized spacial score (nSPS) is 10.9. The molecule has 0 spiro atoms. The van der Waals surface area contributed by atoms with Crippen molar-refractivity contribution in [3.05, 3.63) is 59.4 Å². The Morgan fingerprint density at radius 1 is 1.00 bits per heavy atom. The number of hydrogen-bond acceptors (Lipinski definition) is 4. The molecule has 0 aliphatic rings. The number of hydrogen-bond donors (Lipinski definition) is 1. The fraction of sp³-hybridized carbons (Fsp3) is 0.176. The van der Waals surface area contributed by atoms with Crippen molar-refractivity contribution in [2.75, 3.05) is 19.0 Å². The lowest BCUT2D eigenvalue weighted by Crippen LogP contribution is -2.09. The van der Waals surface area contributed by atoms with Crippen molar-refractivity contribution in [1.29, 1.82) is 0 Å². The summed E-state index contributed by atoms with van der Waals surface area (Å²) in [5.41, 5.74) is 0.355. The van der Waals surface area contributed by atoms with E-state index in [4.69, 9.17) is 4.74 Å². The first-order valence-electron chi connectivity index (χ1n) is 7.35. The van der Waals surface area contributed by atoms with E-state index < -0.39 is 23.3 Å². The van der Waals surface area contributed by atoms with Gasteiger partial charge < -0.3 is 10.1 Å². The second-order valence-corrected chi connectivity index (χ2v) is 5.25. The molecule has 4 nitrogen and oxygen atoms in total. The molecule has 1 aromatic heterocycles. The summed E-state index contributed by atoms with van der Waals surface area (Å²) in [6.45, 7) is 0.245. The Hall–Kier alpha value is -2.90. The summed E-state index contributed by atoms with van der Waals surface area (Å²) in [6.07, 6.45) is 1.43. The number of methoxy groups -OCH3 is 1. The van der Waals surface area contributed by atoms with Crippen LogP contribution in [0.1, 0.15) is 5.56 Å². The fourth-order valence-corrected chi connectivity index (χ4v) is 2.46. The van der Waals surface area contributed by atoms with E-state index in [9.17, 15) is 17.6 Å². The van der Waals surface area contributed by atoms with Gasteiger partial charge in [-0.1, -0.05) is 6.07 Å². The first-order chi connectivity index (χ1) is 12.0. The standard InChI is InChI=1S/C17H13F4N3O/c1-25-13-3-2-9(6-10(13)18)4-5-22-17-14-15(21)11(19)7-12(20)16(14)23-8-24-17/h2-3,6-8H,4-5H2,1H3,(H,22,23,24). The van der Waals surface area contributed by atoms with Crippen LogP contribution in [-0.2, 0) is 6.42 Å². The Kier molecular flexibility index (Phi) is 4.69. The van der Waals surface area contributed by atoms with Gasteiger partial charge in [-0.2, -0.15) is 0 Å². The molecule has 25 heavy (non-hydrogen) atoms. The SMILES string of the molecule is COc1ccc(CCNc2ncnc3c(F)cc(F)c(F)c23)cc1F. The number of nitrogens with zero attached hydrogens (tertiary/aromatic N) is 2. The molecule has 1 heterocycles. The van der Waals surface area contributed by atoms with Crippen molar-refractivity contribution in [3.63, 3.8) is 0 Å². The number of nitrogens with one attached hydrogen (secondary N) is 1. The minimum Gasteiger partial charge on any atom is -0.494 e. The second kappa shape index (κ2) is 6.92. The Bertz CT molecular complexity index is 933. The number of rotatable bonds is 5. The van der Waals surface area contributed by atoms with Crippen LogP contribution in [0.2, 0.25) is 0 Å². The van der Waals surface area contributed by atoms with E-state index in [0.717, 1.165) is 6.33 Å². The van der Waals surface area contributed by atoms with Crippen molar-refractivity contribution in [1.82, 2.24) is 9.97 Å². The topological polar surface area (TPSA) is 47.0 Å². The highest BCUT2D eigenvalue weighted by atomic mass is 19.2. The summed E-state index contributed by atoms with van der Waals surface area (Å²) in [7, 11) is 1.37. The van der Waals surface area contributed by atoms with Gasteiger partial charge in [0.25, 0.3) is 0 Å². The first-order valence-corrected chi connectivity index (χ1v) is 7.35. The summed E-state index contributed by atoms with van der Waals surface area (Å²) in [6, 6.07) is 4.93. The van der Waals surface area contributed by atoms with Gasteiger partial charge in [-0.15, -0.1) is 0 Å². The quantitative estimate of drug-likeness (QED) is 0.560. The van der Waals surface area contributed by atoms with Crippen molar-refractivity contribution >= 4 is 16.7 Å². The monoisotopic (exact) mass is 351 g/mol. The van der Waals surface area contributed by atoms with Crippen LogP contribution in [0.25, 0.3) is 10.9 Å². The van der Waals surface area contributed by atoms with Gasteiger partial charge in [-0.3, -0.25) is 0 Å². The Balaban J connectivity index is 1.81. The number of ether oxygens (including phenoxy) is 1. The van der Waals surface area contributed by atoms with Crippen molar-refractivity contribution in [2.45, 2.75) is 6.42 Å². The van der Waals surface area contributed by atoms with E-state index >= 15 is 0 Å². The Morgan fingerprint density at radius 3 is 2.52 bits per heavy atom. The highest BCUT2D eigenvalue weighted by Gasteiger charge is 2.17. The lowest BCUT2D eigenvalue weighted by Gasteiger charge is -2.10. The molecule has 0 bridgehead atoms. The first kappa shape index (κ1) is 16.9. The predicted octanol–water partition coefficient (Wildman–Crippen LogP) is 3.85. The zero-order valence-corrected chi connectivity index (χ0v) is 13.1. The molecule has 0 saturated carbocycles. The van der Waals surface area contributed by atoms with Crippen LogP contribution < -0.4 is 10.1 Å². The van der Waals surface area contributed by atoms with E-state index in [1.807, 2.05) is 0 Å². The summed E-state index contributed by atoms with van der Waals surface area (Å²) < 4.78 is 59.7. The Morgan fingerprint density at radius 2 is 1.80 bits per heavy atom. The van der Waals surface area contributed by atoms with Gasteiger partial charge in [0.1, 0.15) is 17.7 Å². The third kappa shape index (κ3) is 3.33. The number of halogens is 4. The largest absolute Gasteiger partial charge is 0.494 e. The Labute approximate surface area is 140 Å². The molecule has 3 aromatic rings. The number of aromatic nitrogens is 2. The molecule has 1 N–H and O–H groups in total. The maximum Gasteiger partial charge on any atom is 0.172 e. The van der Waals surface area contributed by atoms with Gasteiger partial charge in [0.2, 0.25) is 0 Å². The van der Waals surface area contributed by atoms with Crippen LogP contribution in [0, 0.1) is 23.3 Å². The minimum atomic E-state index is -1.32. The fourth-order valence-electron chi connectivity index (χ4n) is 2.46. The summed E-state index contributed by atoms with van der Waals surface area (Å²) in [5, 5.41) is 2.44. The predicted molar refractivity (Wildman–Crippen MR) is 84.6 cm³/mol. The molecule has 0 aliphatic heterocycles. The molecule has 0 unspecified atom stereocenters. The molecular weight excluding hydrogens is 338 g/mol. The number of anilines is 1. The molecule has 0 saturated heterocycles. The van der Waals surface area contributed by atoms with Crippen LogP contribution in [0.5, 0.6) is 5.75 Å². The highest BCUT2D eigenvalue weighted by Crippen LogP contribution is 2.27. The van der Waals surface area contributed by atoms with Crippen LogP contribution >= 0.6 is 0 Å². The van der Waals surface area contributed by atoms with Crippen LogP contribution in [0.15, 0.2) is 30.6 Å². The zero-order valence-electron chi connectivity index (χ0n) is 13.1. The molecule has 0 radical (unpaired) electrons. The minimum absolute atomic E-state index is 0.0325. The van der Waals surface area contributed by atoms with E-state index in [0.29, 0.717) is 18.1 Å². The average Bonchev–Trinajstić information content (AvgIpc) is 2.60. The van der Waals surface area contributed by atoms with Gasteiger partial charge in [0.05, 0.1) is 12.5 Å². The highest BCUT2D eigenvalue weighted by molar-refractivity contribution is 5.89. The van der Waals surface area contributed by atoms with Gasteiger partial charge in [-0.05, 0) is 24.1 Å². The molecule has 130 valence electrons. The molecule has 2 aromatic carbocycles. The smallest absolute Gasteiger partial charge is 0.172 e. The van der Waals surface area contributed by atoms with Gasteiger partial charge >= 0.3 is 0 Å². The summed E-state index contributed by atoms with van der Waals surface area (Å²) in [5.74, 6) is -3.92. The van der Waals surface area contributed by atoms with E-state index in [-0.39, 0.29) is 29.0 Å². The van der Waals surface area contributed by atoms with Gasteiger partial charge in [0.15, 0.2) is 29.0 Å². The maximum atomic E-state index is 14.0. The zero-order chi connectivity index (χ0) is 18.0. The third-order valence-electron chi connectivity index (χ3n) is 3.68. The molecule has 0 aliphatic carbocycles. The summed E-state index contributed by atoms with van der Waals surface area (Å²) in [4.78, 5) is 7.48. The second-order valence-electron chi connectivity index (χ2n) is 5.25. The summed E-state index contributed by atoms with van der Waals surface area (Å²) >= 11 is 0. The molecule has 0 amide bonds. The van der Waals surface area contributed by atoms with Crippen LogP contribution in [0.3, 0.4) is 0 Å². The van der Waals surface area contributed by atoms with E-state index in [1.165, 1.54) is 19.2 Å². The van der Waals surface area contributed by atoms with Crippen molar-refractivity contribution in [3.8, 4) is 5.75 Å². The average molecular weight is 351 g/mol. The van der Waals surface area contributed by atoms with Gasteiger partial charge in [0, 0.05) is 12.6 Å². The number of benzene rings is 2. The van der Waals surface area contributed by atoms with Crippen molar-refractivity contribution < 1.29 is 22.3 Å². The number of fused-ring (bicyclic) bond motifs is 1. The van der Waals surface area contributed by atoms with Crippen LogP contribution in [0.4, 0.5) is 23.4 Å². The van der Waals surface area contributed by atoms with Crippen LogP contribution in [-0.4, -0.2) is 23.6 Å². The third-order valence-corrected chi connectivity index (χ3v) is 3.68. The molecule has 0 atom stereocenters.